The minimum absolute atomic E-state index is 0.467. The predicted molar refractivity (Wildman–Crippen MR) is 125 cm³/mol. The maximum atomic E-state index is 6.01. The molecule has 2 saturated heterocycles. The van der Waals surface area contributed by atoms with Crippen molar-refractivity contribution in [1.29, 1.82) is 0 Å². The molecule has 0 spiro atoms. The van der Waals surface area contributed by atoms with Gasteiger partial charge < -0.3 is 24.8 Å². The molecule has 0 saturated carbocycles. The normalized spacial score (nSPS) is 17.6. The maximum Gasteiger partial charge on any atom is 0.219 e. The van der Waals surface area contributed by atoms with Gasteiger partial charge in [-0.15, -0.1) is 0 Å². The second-order valence-electron chi connectivity index (χ2n) is 7.79. The first-order chi connectivity index (χ1) is 15.7. The Bertz CT molecular complexity index is 912. The van der Waals surface area contributed by atoms with E-state index in [1.165, 1.54) is 0 Å². The minimum Gasteiger partial charge on any atom is -0.476 e. The Kier molecular flexibility index (Phi) is 7.70. The average molecular weight is 442 g/mol. The fourth-order valence-electron chi connectivity index (χ4n) is 3.55. The molecule has 10 heteroatoms. The van der Waals surface area contributed by atoms with Crippen molar-refractivity contribution in [2.75, 3.05) is 81.8 Å². The Morgan fingerprint density at radius 2 is 1.84 bits per heavy atom. The topological polar surface area (TPSA) is 110 Å². The van der Waals surface area contributed by atoms with Crippen molar-refractivity contribution in [3.63, 3.8) is 0 Å². The standard InChI is InChI=1S/C22H31N7O3/c1-17-2-3-18(23)19(14-17)27-24-16-20-25-21(29-7-11-31-12-8-29)15-22(26-20)32-13-6-28-4-9-30-10-5-28/h2-3,14-16,27H,4-13,23H2,1H3. The Labute approximate surface area is 188 Å². The highest BCUT2D eigenvalue weighted by Gasteiger charge is 2.16. The molecule has 0 aliphatic carbocycles. The summed E-state index contributed by atoms with van der Waals surface area (Å²) >= 11 is 0. The van der Waals surface area contributed by atoms with Gasteiger partial charge in [0.15, 0.2) is 5.82 Å². The van der Waals surface area contributed by atoms with E-state index in [-0.39, 0.29) is 0 Å². The van der Waals surface area contributed by atoms with Crippen LogP contribution in [0, 0.1) is 6.92 Å². The van der Waals surface area contributed by atoms with E-state index in [9.17, 15) is 0 Å². The third-order valence-electron chi connectivity index (χ3n) is 5.38. The monoisotopic (exact) mass is 441 g/mol. The summed E-state index contributed by atoms with van der Waals surface area (Å²) in [5.74, 6) is 1.81. The molecule has 2 aliphatic rings. The van der Waals surface area contributed by atoms with Crippen LogP contribution in [-0.4, -0.2) is 86.8 Å². The molecule has 1 aromatic heterocycles. The molecule has 3 heterocycles. The first kappa shape index (κ1) is 22.3. The van der Waals surface area contributed by atoms with Crippen molar-refractivity contribution in [1.82, 2.24) is 14.9 Å². The second-order valence-corrected chi connectivity index (χ2v) is 7.79. The molecule has 0 atom stereocenters. The van der Waals surface area contributed by atoms with E-state index in [1.54, 1.807) is 6.21 Å². The number of rotatable bonds is 8. The van der Waals surface area contributed by atoms with E-state index in [0.717, 1.165) is 63.0 Å². The van der Waals surface area contributed by atoms with Crippen molar-refractivity contribution >= 4 is 23.4 Å². The number of nitrogens with zero attached hydrogens (tertiary/aromatic N) is 5. The first-order valence-corrected chi connectivity index (χ1v) is 11.0. The van der Waals surface area contributed by atoms with E-state index in [4.69, 9.17) is 19.9 Å². The van der Waals surface area contributed by atoms with E-state index in [0.29, 0.717) is 37.2 Å². The number of morpholine rings is 2. The van der Waals surface area contributed by atoms with Crippen LogP contribution >= 0.6 is 0 Å². The fraction of sp³-hybridized carbons (Fsp3) is 0.500. The lowest BCUT2D eigenvalue weighted by atomic mass is 10.2. The molecule has 0 bridgehead atoms. The lowest BCUT2D eigenvalue weighted by molar-refractivity contribution is 0.0320. The zero-order chi connectivity index (χ0) is 22.2. The Morgan fingerprint density at radius 3 is 2.62 bits per heavy atom. The number of anilines is 3. The number of ether oxygens (including phenoxy) is 3. The third-order valence-corrected chi connectivity index (χ3v) is 5.38. The van der Waals surface area contributed by atoms with E-state index in [2.05, 4.69) is 30.3 Å². The lowest BCUT2D eigenvalue weighted by Crippen LogP contribution is -2.38. The molecule has 32 heavy (non-hydrogen) atoms. The molecule has 10 nitrogen and oxygen atoms in total. The lowest BCUT2D eigenvalue weighted by Gasteiger charge is -2.28. The SMILES string of the molecule is Cc1ccc(N)c(NN=Cc2nc(OCCN3CCOCC3)cc(N3CCOCC3)n2)c1. The highest BCUT2D eigenvalue weighted by molar-refractivity contribution is 5.77. The van der Waals surface area contributed by atoms with Gasteiger partial charge in [-0.3, -0.25) is 10.3 Å². The van der Waals surface area contributed by atoms with Gasteiger partial charge in [0.1, 0.15) is 12.4 Å². The molecule has 3 N–H and O–H groups in total. The van der Waals surface area contributed by atoms with Crippen molar-refractivity contribution in [3.05, 3.63) is 35.7 Å². The number of benzene rings is 1. The predicted octanol–water partition coefficient (Wildman–Crippen LogP) is 1.36. The van der Waals surface area contributed by atoms with E-state index < -0.39 is 0 Å². The highest BCUT2D eigenvalue weighted by Crippen LogP contribution is 2.20. The minimum atomic E-state index is 0.467. The van der Waals surface area contributed by atoms with Crippen LogP contribution in [0.25, 0.3) is 0 Å². The molecule has 0 radical (unpaired) electrons. The Balaban J connectivity index is 1.45. The fourth-order valence-corrected chi connectivity index (χ4v) is 3.55. The van der Waals surface area contributed by atoms with Crippen LogP contribution in [0.15, 0.2) is 29.4 Å². The van der Waals surface area contributed by atoms with Crippen LogP contribution in [0.2, 0.25) is 0 Å². The molecule has 2 aliphatic heterocycles. The summed E-state index contributed by atoms with van der Waals surface area (Å²) in [7, 11) is 0. The van der Waals surface area contributed by atoms with Gasteiger partial charge in [-0.25, -0.2) is 4.98 Å². The summed E-state index contributed by atoms with van der Waals surface area (Å²) < 4.78 is 16.9. The third kappa shape index (κ3) is 6.28. The summed E-state index contributed by atoms with van der Waals surface area (Å²) in [5.41, 5.74) is 11.5. The molecular formula is C22H31N7O3. The Hall–Kier alpha value is -2.95. The first-order valence-electron chi connectivity index (χ1n) is 11.0. The van der Waals surface area contributed by atoms with Crippen LogP contribution < -0.4 is 20.8 Å². The molecule has 2 fully saturated rings. The van der Waals surface area contributed by atoms with Gasteiger partial charge in [0.25, 0.3) is 0 Å². The summed E-state index contributed by atoms with van der Waals surface area (Å²) in [6.45, 7) is 9.69. The highest BCUT2D eigenvalue weighted by atomic mass is 16.5. The van der Waals surface area contributed by atoms with Crippen molar-refractivity contribution < 1.29 is 14.2 Å². The van der Waals surface area contributed by atoms with Gasteiger partial charge in [-0.2, -0.15) is 10.1 Å². The zero-order valence-electron chi connectivity index (χ0n) is 18.5. The van der Waals surface area contributed by atoms with Crippen LogP contribution in [0.5, 0.6) is 5.88 Å². The zero-order valence-corrected chi connectivity index (χ0v) is 18.5. The molecule has 1 aromatic carbocycles. The van der Waals surface area contributed by atoms with Gasteiger partial charge in [0.2, 0.25) is 5.88 Å². The molecular weight excluding hydrogens is 410 g/mol. The van der Waals surface area contributed by atoms with Gasteiger partial charge in [-0.1, -0.05) is 6.07 Å². The summed E-state index contributed by atoms with van der Waals surface area (Å²) in [5, 5.41) is 4.29. The van der Waals surface area contributed by atoms with Gasteiger partial charge >= 0.3 is 0 Å². The van der Waals surface area contributed by atoms with Crippen LogP contribution in [0.4, 0.5) is 17.2 Å². The molecule has 4 rings (SSSR count). The average Bonchev–Trinajstić information content (AvgIpc) is 2.82. The number of nitrogens with two attached hydrogens (primary N) is 1. The maximum absolute atomic E-state index is 6.01. The van der Waals surface area contributed by atoms with Gasteiger partial charge in [0, 0.05) is 38.8 Å². The number of nitrogens with one attached hydrogen (secondary N) is 1. The largest absolute Gasteiger partial charge is 0.476 e. The van der Waals surface area contributed by atoms with E-state index >= 15 is 0 Å². The number of nitrogen functional groups attached to an aromatic ring is 1. The number of aryl methyl sites for hydroxylation is 1. The number of hydrogen-bond acceptors (Lipinski definition) is 10. The van der Waals surface area contributed by atoms with Crippen molar-refractivity contribution in [2.24, 2.45) is 5.10 Å². The van der Waals surface area contributed by atoms with Crippen LogP contribution in [0.1, 0.15) is 11.4 Å². The van der Waals surface area contributed by atoms with Crippen molar-refractivity contribution in [3.8, 4) is 5.88 Å². The van der Waals surface area contributed by atoms with Gasteiger partial charge in [-0.05, 0) is 24.6 Å². The summed E-state index contributed by atoms with van der Waals surface area (Å²) in [6.07, 6.45) is 1.58. The summed E-state index contributed by atoms with van der Waals surface area (Å²) in [6, 6.07) is 7.63. The van der Waals surface area contributed by atoms with Gasteiger partial charge in [0.05, 0.1) is 44.0 Å². The molecule has 0 amide bonds. The number of hydrazone groups is 1. The van der Waals surface area contributed by atoms with Crippen molar-refractivity contribution in [2.45, 2.75) is 6.92 Å². The quantitative estimate of drug-likeness (QED) is 0.356. The molecule has 0 unspecified atom stereocenters. The summed E-state index contributed by atoms with van der Waals surface area (Å²) in [4.78, 5) is 13.7. The second kappa shape index (κ2) is 11.1. The number of aromatic nitrogens is 2. The van der Waals surface area contributed by atoms with Crippen LogP contribution in [0.3, 0.4) is 0 Å². The van der Waals surface area contributed by atoms with Crippen LogP contribution in [-0.2, 0) is 9.47 Å². The van der Waals surface area contributed by atoms with E-state index in [1.807, 2.05) is 31.2 Å². The molecule has 172 valence electrons. The smallest absolute Gasteiger partial charge is 0.219 e. The number of hydrogen-bond donors (Lipinski definition) is 2. The Morgan fingerprint density at radius 1 is 1.09 bits per heavy atom. The molecule has 2 aromatic rings.